The van der Waals surface area contributed by atoms with Crippen molar-refractivity contribution in [2.24, 2.45) is 16.3 Å². The maximum atomic E-state index is 8.79. The fraction of sp³-hybridized carbons (Fsp3) is 0.533. The Bertz CT molecular complexity index is 465. The van der Waals surface area contributed by atoms with Gasteiger partial charge in [-0.1, -0.05) is 32.0 Å². The van der Waals surface area contributed by atoms with E-state index in [2.05, 4.69) is 31.2 Å². The van der Waals surface area contributed by atoms with Crippen LogP contribution < -0.4 is 15.8 Å². The summed E-state index contributed by atoms with van der Waals surface area (Å²) in [5.41, 5.74) is 7.65. The van der Waals surface area contributed by atoms with Crippen molar-refractivity contribution >= 4 is 5.84 Å². The van der Waals surface area contributed by atoms with Gasteiger partial charge in [0.25, 0.3) is 0 Å². The normalized spacial score (nSPS) is 12.5. The smallest absolute Gasteiger partial charge is 0.173 e. The monoisotopic (exact) mass is 279 g/mol. The third-order valence-corrected chi connectivity index (χ3v) is 3.03. The summed E-state index contributed by atoms with van der Waals surface area (Å²) in [7, 11) is 1.56. The number of ether oxygens (including phenoxy) is 1. The Hall–Kier alpha value is -1.75. The lowest BCUT2D eigenvalue weighted by atomic mass is 9.92. The summed E-state index contributed by atoms with van der Waals surface area (Å²) in [6.45, 7) is 8.36. The Morgan fingerprint density at radius 3 is 2.65 bits per heavy atom. The van der Waals surface area contributed by atoms with Gasteiger partial charge in [0, 0.05) is 6.54 Å². The van der Waals surface area contributed by atoms with E-state index in [0.717, 1.165) is 25.1 Å². The molecule has 0 radical (unpaired) electrons. The van der Waals surface area contributed by atoms with E-state index in [9.17, 15) is 0 Å². The molecule has 0 aliphatic rings. The molecule has 112 valence electrons. The van der Waals surface area contributed by atoms with Crippen LogP contribution in [0.2, 0.25) is 0 Å². The lowest BCUT2D eigenvalue weighted by Crippen LogP contribution is -2.21. The van der Waals surface area contributed by atoms with E-state index in [4.69, 9.17) is 15.7 Å². The molecule has 0 heterocycles. The minimum Gasteiger partial charge on any atom is -0.496 e. The summed E-state index contributed by atoms with van der Waals surface area (Å²) in [6, 6.07) is 5.67. The maximum Gasteiger partial charge on any atom is 0.173 e. The molecule has 1 rings (SSSR count). The van der Waals surface area contributed by atoms with E-state index in [0.29, 0.717) is 16.7 Å². The quantitative estimate of drug-likeness (QED) is 0.245. The summed E-state index contributed by atoms with van der Waals surface area (Å²) in [5.74, 6) is 0.650. The van der Waals surface area contributed by atoms with Crippen molar-refractivity contribution in [3.8, 4) is 5.75 Å². The molecule has 0 spiro atoms. The standard InChI is InChI=1S/C15H25N3O2/c1-15(2,3)7-8-17-10-11-5-6-13(20-4)12(9-11)14(16)18-19/h5-6,9,17,19H,7-8,10H2,1-4H3,(H2,16,18). The van der Waals surface area contributed by atoms with Crippen LogP contribution in [0, 0.1) is 5.41 Å². The highest BCUT2D eigenvalue weighted by Gasteiger charge is 2.10. The Balaban J connectivity index is 2.68. The molecule has 5 nitrogen and oxygen atoms in total. The molecule has 0 unspecified atom stereocenters. The van der Waals surface area contributed by atoms with Crippen LogP contribution in [0.15, 0.2) is 23.4 Å². The second-order valence-corrected chi connectivity index (χ2v) is 6.01. The molecular formula is C15H25N3O2. The molecule has 0 amide bonds. The Labute approximate surface area is 120 Å². The van der Waals surface area contributed by atoms with Crippen molar-refractivity contribution in [1.82, 2.24) is 5.32 Å². The predicted molar refractivity (Wildman–Crippen MR) is 81.3 cm³/mol. The molecule has 0 fully saturated rings. The zero-order valence-electron chi connectivity index (χ0n) is 12.7. The molecule has 1 aromatic rings. The maximum absolute atomic E-state index is 8.79. The second kappa shape index (κ2) is 7.14. The fourth-order valence-electron chi connectivity index (χ4n) is 1.82. The molecular weight excluding hydrogens is 254 g/mol. The van der Waals surface area contributed by atoms with Crippen molar-refractivity contribution in [3.05, 3.63) is 29.3 Å². The minimum atomic E-state index is 0.0541. The summed E-state index contributed by atoms with van der Waals surface area (Å²) in [6.07, 6.45) is 1.11. The number of nitrogens with two attached hydrogens (primary N) is 1. The average Bonchev–Trinajstić information content (AvgIpc) is 2.41. The molecule has 0 saturated heterocycles. The number of amidine groups is 1. The van der Waals surface area contributed by atoms with Gasteiger partial charge in [-0.3, -0.25) is 0 Å². The molecule has 5 heteroatoms. The van der Waals surface area contributed by atoms with E-state index >= 15 is 0 Å². The van der Waals surface area contributed by atoms with Gasteiger partial charge < -0.3 is 21.0 Å². The summed E-state index contributed by atoms with van der Waals surface area (Å²) < 4.78 is 5.20. The first kappa shape index (κ1) is 16.3. The van der Waals surface area contributed by atoms with Gasteiger partial charge in [0.05, 0.1) is 12.7 Å². The lowest BCUT2D eigenvalue weighted by Gasteiger charge is -2.18. The minimum absolute atomic E-state index is 0.0541. The van der Waals surface area contributed by atoms with Crippen molar-refractivity contribution in [2.75, 3.05) is 13.7 Å². The third kappa shape index (κ3) is 5.09. The first-order valence-corrected chi connectivity index (χ1v) is 6.73. The highest BCUT2D eigenvalue weighted by atomic mass is 16.5. The molecule has 0 aliphatic heterocycles. The molecule has 0 saturated carbocycles. The van der Waals surface area contributed by atoms with Gasteiger partial charge in [-0.15, -0.1) is 0 Å². The van der Waals surface area contributed by atoms with Crippen LogP contribution in [0.4, 0.5) is 0 Å². The van der Waals surface area contributed by atoms with Crippen molar-refractivity contribution < 1.29 is 9.94 Å². The van der Waals surface area contributed by atoms with E-state index in [-0.39, 0.29) is 5.84 Å². The predicted octanol–water partition coefficient (Wildman–Crippen LogP) is 2.32. The SMILES string of the molecule is COc1ccc(CNCCC(C)(C)C)cc1/C(N)=N/O. The molecule has 0 atom stereocenters. The van der Waals surface area contributed by atoms with Gasteiger partial charge in [0.1, 0.15) is 5.75 Å². The van der Waals surface area contributed by atoms with E-state index < -0.39 is 0 Å². The van der Waals surface area contributed by atoms with E-state index in [1.807, 2.05) is 18.2 Å². The number of rotatable bonds is 6. The summed E-state index contributed by atoms with van der Waals surface area (Å²) in [4.78, 5) is 0. The van der Waals surface area contributed by atoms with Crippen LogP contribution in [0.5, 0.6) is 5.75 Å². The number of nitrogens with zero attached hydrogens (tertiary/aromatic N) is 1. The lowest BCUT2D eigenvalue weighted by molar-refractivity contribution is 0.318. The van der Waals surface area contributed by atoms with Gasteiger partial charge in [-0.2, -0.15) is 0 Å². The Kier molecular flexibility index (Phi) is 5.82. The number of methoxy groups -OCH3 is 1. The number of benzene rings is 1. The molecule has 0 aromatic heterocycles. The Morgan fingerprint density at radius 2 is 2.10 bits per heavy atom. The van der Waals surface area contributed by atoms with Crippen LogP contribution in [0.3, 0.4) is 0 Å². The molecule has 20 heavy (non-hydrogen) atoms. The van der Waals surface area contributed by atoms with Crippen molar-refractivity contribution in [3.63, 3.8) is 0 Å². The molecule has 1 aromatic carbocycles. The largest absolute Gasteiger partial charge is 0.496 e. The number of hydrogen-bond donors (Lipinski definition) is 3. The second-order valence-electron chi connectivity index (χ2n) is 6.01. The van der Waals surface area contributed by atoms with E-state index in [1.165, 1.54) is 0 Å². The van der Waals surface area contributed by atoms with Gasteiger partial charge >= 0.3 is 0 Å². The topological polar surface area (TPSA) is 79.9 Å². The van der Waals surface area contributed by atoms with Crippen LogP contribution >= 0.6 is 0 Å². The summed E-state index contributed by atoms with van der Waals surface area (Å²) in [5, 5.41) is 15.2. The van der Waals surface area contributed by atoms with E-state index in [1.54, 1.807) is 7.11 Å². The highest BCUT2D eigenvalue weighted by Crippen LogP contribution is 2.20. The number of hydrogen-bond acceptors (Lipinski definition) is 4. The highest BCUT2D eigenvalue weighted by molar-refractivity contribution is 5.99. The van der Waals surface area contributed by atoms with Gasteiger partial charge in [0.2, 0.25) is 0 Å². The zero-order chi connectivity index (χ0) is 15.2. The Morgan fingerprint density at radius 1 is 1.40 bits per heavy atom. The van der Waals surface area contributed by atoms with Gasteiger partial charge in [-0.05, 0) is 36.1 Å². The third-order valence-electron chi connectivity index (χ3n) is 3.03. The molecule has 0 bridgehead atoms. The van der Waals surface area contributed by atoms with Gasteiger partial charge in [-0.25, -0.2) is 0 Å². The molecule has 4 N–H and O–H groups in total. The number of nitrogens with one attached hydrogen (secondary N) is 1. The first-order valence-electron chi connectivity index (χ1n) is 6.73. The van der Waals surface area contributed by atoms with Crippen LogP contribution in [-0.2, 0) is 6.54 Å². The van der Waals surface area contributed by atoms with Crippen molar-refractivity contribution in [1.29, 1.82) is 0 Å². The first-order chi connectivity index (χ1) is 9.37. The zero-order valence-corrected chi connectivity index (χ0v) is 12.7. The van der Waals surface area contributed by atoms with Crippen molar-refractivity contribution in [2.45, 2.75) is 33.7 Å². The molecule has 0 aliphatic carbocycles. The van der Waals surface area contributed by atoms with Crippen LogP contribution in [-0.4, -0.2) is 24.7 Å². The fourth-order valence-corrected chi connectivity index (χ4v) is 1.82. The van der Waals surface area contributed by atoms with Crippen LogP contribution in [0.25, 0.3) is 0 Å². The van der Waals surface area contributed by atoms with Crippen LogP contribution in [0.1, 0.15) is 38.3 Å². The average molecular weight is 279 g/mol. The van der Waals surface area contributed by atoms with Gasteiger partial charge in [0.15, 0.2) is 5.84 Å². The summed E-state index contributed by atoms with van der Waals surface area (Å²) >= 11 is 0. The number of oxime groups is 1.